The number of thioether (sulfide) groups is 1. The van der Waals surface area contributed by atoms with Gasteiger partial charge in [-0.05, 0) is 36.6 Å². The quantitative estimate of drug-likeness (QED) is 0.901. The van der Waals surface area contributed by atoms with Gasteiger partial charge < -0.3 is 5.32 Å². The lowest BCUT2D eigenvalue weighted by Crippen LogP contribution is -2.33. The van der Waals surface area contributed by atoms with Gasteiger partial charge in [-0.15, -0.1) is 12.4 Å². The fourth-order valence-electron chi connectivity index (χ4n) is 2.94. The van der Waals surface area contributed by atoms with Crippen molar-refractivity contribution in [3.63, 3.8) is 0 Å². The van der Waals surface area contributed by atoms with Gasteiger partial charge in [-0.3, -0.25) is 4.90 Å². The van der Waals surface area contributed by atoms with Gasteiger partial charge in [0, 0.05) is 37.1 Å². The Labute approximate surface area is 126 Å². The number of rotatable bonds is 2. The summed E-state index contributed by atoms with van der Waals surface area (Å²) < 4.78 is 0. The SMILES string of the molecule is CC1CCSCCN1Cc1cccc2c1NCC2.Cl. The van der Waals surface area contributed by atoms with E-state index < -0.39 is 0 Å². The van der Waals surface area contributed by atoms with E-state index in [0.29, 0.717) is 0 Å². The van der Waals surface area contributed by atoms with Crippen LogP contribution in [0.1, 0.15) is 24.5 Å². The molecule has 2 aliphatic heterocycles. The normalized spacial score (nSPS) is 23.1. The van der Waals surface area contributed by atoms with Crippen molar-refractivity contribution < 1.29 is 0 Å². The Morgan fingerprint density at radius 2 is 2.26 bits per heavy atom. The van der Waals surface area contributed by atoms with Crippen LogP contribution in [0.4, 0.5) is 5.69 Å². The van der Waals surface area contributed by atoms with Crippen LogP contribution in [0.5, 0.6) is 0 Å². The maximum absolute atomic E-state index is 3.56. The Kier molecular flexibility index (Phi) is 5.43. The van der Waals surface area contributed by atoms with Gasteiger partial charge in [0.2, 0.25) is 0 Å². The number of anilines is 1. The summed E-state index contributed by atoms with van der Waals surface area (Å²) in [5, 5.41) is 3.56. The molecule has 0 spiro atoms. The average Bonchev–Trinajstić information content (AvgIpc) is 2.77. The molecule has 2 heterocycles. The molecule has 1 aromatic carbocycles. The Bertz CT molecular complexity index is 425. The Morgan fingerprint density at radius 1 is 1.37 bits per heavy atom. The van der Waals surface area contributed by atoms with Gasteiger partial charge in [-0.1, -0.05) is 18.2 Å². The molecule has 0 saturated carbocycles. The second-order valence-corrected chi connectivity index (χ2v) is 6.57. The molecule has 4 heteroatoms. The van der Waals surface area contributed by atoms with Crippen molar-refractivity contribution in [2.45, 2.75) is 32.4 Å². The molecule has 0 radical (unpaired) electrons. The number of nitrogens with zero attached hydrogens (tertiary/aromatic N) is 1. The maximum atomic E-state index is 3.56. The van der Waals surface area contributed by atoms with Crippen LogP contribution in [-0.2, 0) is 13.0 Å². The van der Waals surface area contributed by atoms with Crippen molar-refractivity contribution >= 4 is 29.9 Å². The average molecular weight is 299 g/mol. The number of hydrogen-bond donors (Lipinski definition) is 1. The highest BCUT2D eigenvalue weighted by Gasteiger charge is 2.20. The van der Waals surface area contributed by atoms with Crippen molar-refractivity contribution in [1.29, 1.82) is 0 Å². The molecule has 0 amide bonds. The predicted octanol–water partition coefficient (Wildman–Crippen LogP) is 3.40. The molecule has 2 aliphatic rings. The molecular weight excluding hydrogens is 276 g/mol. The van der Waals surface area contributed by atoms with Crippen LogP contribution in [0.3, 0.4) is 0 Å². The van der Waals surface area contributed by atoms with Gasteiger partial charge in [0.05, 0.1) is 0 Å². The van der Waals surface area contributed by atoms with Crippen LogP contribution in [-0.4, -0.2) is 35.5 Å². The lowest BCUT2D eigenvalue weighted by molar-refractivity contribution is 0.213. The third kappa shape index (κ3) is 3.39. The molecule has 3 rings (SSSR count). The molecular formula is C15H23ClN2S. The van der Waals surface area contributed by atoms with Crippen LogP contribution >= 0.6 is 24.2 Å². The topological polar surface area (TPSA) is 15.3 Å². The molecule has 1 N–H and O–H groups in total. The van der Waals surface area contributed by atoms with Crippen LogP contribution in [0.2, 0.25) is 0 Å². The summed E-state index contributed by atoms with van der Waals surface area (Å²) in [7, 11) is 0. The lowest BCUT2D eigenvalue weighted by atomic mass is 10.1. The molecule has 0 bridgehead atoms. The van der Waals surface area contributed by atoms with Crippen LogP contribution in [0.15, 0.2) is 18.2 Å². The van der Waals surface area contributed by atoms with Gasteiger partial charge in [-0.25, -0.2) is 0 Å². The molecule has 106 valence electrons. The third-order valence-corrected chi connectivity index (χ3v) is 5.13. The van der Waals surface area contributed by atoms with Crippen molar-refractivity contribution in [1.82, 2.24) is 4.90 Å². The monoisotopic (exact) mass is 298 g/mol. The second-order valence-electron chi connectivity index (χ2n) is 5.35. The lowest BCUT2D eigenvalue weighted by Gasteiger charge is -2.27. The second kappa shape index (κ2) is 6.87. The maximum Gasteiger partial charge on any atom is 0.0419 e. The molecule has 1 saturated heterocycles. The van der Waals surface area contributed by atoms with Crippen LogP contribution in [0.25, 0.3) is 0 Å². The smallest absolute Gasteiger partial charge is 0.0419 e. The highest BCUT2D eigenvalue weighted by Crippen LogP contribution is 2.28. The van der Waals surface area contributed by atoms with E-state index in [1.807, 2.05) is 0 Å². The van der Waals surface area contributed by atoms with Crippen molar-refractivity contribution in [3.05, 3.63) is 29.3 Å². The van der Waals surface area contributed by atoms with E-state index in [1.165, 1.54) is 47.7 Å². The summed E-state index contributed by atoms with van der Waals surface area (Å²) in [5.74, 6) is 2.61. The largest absolute Gasteiger partial charge is 0.384 e. The molecule has 2 nitrogen and oxygen atoms in total. The Hall–Kier alpha value is -0.380. The van der Waals surface area contributed by atoms with Gasteiger partial charge in [0.15, 0.2) is 0 Å². The van der Waals surface area contributed by atoms with Crippen LogP contribution in [0, 0.1) is 0 Å². The summed E-state index contributed by atoms with van der Waals surface area (Å²) in [4.78, 5) is 2.65. The Balaban J connectivity index is 0.00000133. The van der Waals surface area contributed by atoms with E-state index in [2.05, 4.69) is 47.1 Å². The number of para-hydroxylation sites is 1. The molecule has 0 aromatic heterocycles. The molecule has 0 aliphatic carbocycles. The predicted molar refractivity (Wildman–Crippen MR) is 87.7 cm³/mol. The minimum Gasteiger partial charge on any atom is -0.384 e. The van der Waals surface area contributed by atoms with Gasteiger partial charge in [-0.2, -0.15) is 11.8 Å². The van der Waals surface area contributed by atoms with Gasteiger partial charge >= 0.3 is 0 Å². The molecule has 1 unspecified atom stereocenters. The van der Waals surface area contributed by atoms with E-state index >= 15 is 0 Å². The molecule has 1 fully saturated rings. The molecule has 19 heavy (non-hydrogen) atoms. The van der Waals surface area contributed by atoms with E-state index in [-0.39, 0.29) is 12.4 Å². The van der Waals surface area contributed by atoms with Gasteiger partial charge in [0.1, 0.15) is 0 Å². The number of hydrogen-bond acceptors (Lipinski definition) is 3. The van der Waals surface area contributed by atoms with E-state index in [9.17, 15) is 0 Å². The molecule has 1 atom stereocenters. The van der Waals surface area contributed by atoms with E-state index in [0.717, 1.165) is 19.1 Å². The number of halogens is 1. The zero-order valence-electron chi connectivity index (χ0n) is 11.5. The summed E-state index contributed by atoms with van der Waals surface area (Å²) in [6, 6.07) is 7.50. The Morgan fingerprint density at radius 3 is 3.16 bits per heavy atom. The zero-order valence-corrected chi connectivity index (χ0v) is 13.2. The van der Waals surface area contributed by atoms with E-state index in [4.69, 9.17) is 0 Å². The first-order valence-electron chi connectivity index (χ1n) is 7.01. The fourth-order valence-corrected chi connectivity index (χ4v) is 4.01. The summed E-state index contributed by atoms with van der Waals surface area (Å²) in [5.41, 5.74) is 4.41. The number of nitrogens with one attached hydrogen (secondary N) is 1. The molecule has 1 aromatic rings. The number of fused-ring (bicyclic) bond motifs is 1. The fraction of sp³-hybridized carbons (Fsp3) is 0.600. The highest BCUT2D eigenvalue weighted by molar-refractivity contribution is 7.99. The van der Waals surface area contributed by atoms with Crippen LogP contribution < -0.4 is 5.32 Å². The minimum atomic E-state index is 0. The highest BCUT2D eigenvalue weighted by atomic mass is 35.5. The van der Waals surface area contributed by atoms with Crippen molar-refractivity contribution in [2.24, 2.45) is 0 Å². The van der Waals surface area contributed by atoms with Gasteiger partial charge in [0.25, 0.3) is 0 Å². The first-order valence-corrected chi connectivity index (χ1v) is 8.16. The minimum absolute atomic E-state index is 0. The first kappa shape index (κ1) is 15.0. The third-order valence-electron chi connectivity index (χ3n) is 4.13. The van der Waals surface area contributed by atoms with Crippen molar-refractivity contribution in [3.8, 4) is 0 Å². The number of benzene rings is 1. The van der Waals surface area contributed by atoms with Crippen molar-refractivity contribution in [2.75, 3.05) is 29.9 Å². The summed E-state index contributed by atoms with van der Waals surface area (Å²) in [6.45, 7) is 5.83. The zero-order chi connectivity index (χ0) is 12.4. The standard InChI is InChI=1S/C15H22N2S.ClH/c1-12-6-9-18-10-8-17(12)11-14-4-2-3-13-5-7-16-15(13)14;/h2-4,12,16H,5-11H2,1H3;1H. The first-order chi connectivity index (χ1) is 8.84. The summed E-state index contributed by atoms with van der Waals surface area (Å²) in [6.07, 6.45) is 2.52. The van der Waals surface area contributed by atoms with E-state index in [1.54, 1.807) is 0 Å². The summed E-state index contributed by atoms with van der Waals surface area (Å²) >= 11 is 2.10.